The highest BCUT2D eigenvalue weighted by molar-refractivity contribution is 5.91. The predicted octanol–water partition coefficient (Wildman–Crippen LogP) is 3.09. The number of ether oxygens (including phenoxy) is 1. The van der Waals surface area contributed by atoms with Crippen molar-refractivity contribution in [1.82, 2.24) is 5.01 Å². The molecule has 0 radical (unpaired) electrons. The molecule has 2 amide bonds. The molecule has 0 aromatic rings. The van der Waals surface area contributed by atoms with E-state index in [0.29, 0.717) is 5.01 Å². The van der Waals surface area contributed by atoms with Crippen LogP contribution in [0.3, 0.4) is 0 Å². The van der Waals surface area contributed by atoms with Crippen molar-refractivity contribution in [3.63, 3.8) is 0 Å². The number of carbonyl (C=O) groups is 2. The fraction of sp³-hybridized carbons (Fsp3) is 0.875. The van der Waals surface area contributed by atoms with Crippen molar-refractivity contribution in [1.29, 1.82) is 0 Å². The Labute approximate surface area is 134 Å². The molecule has 4 N–H and O–H groups in total. The Morgan fingerprint density at radius 3 is 1.82 bits per heavy atom. The molecule has 0 atom stereocenters. The number of hydrogen-bond donors (Lipinski definition) is 2. The van der Waals surface area contributed by atoms with Crippen molar-refractivity contribution in [2.24, 2.45) is 11.6 Å². The lowest BCUT2D eigenvalue weighted by Gasteiger charge is -2.23. The summed E-state index contributed by atoms with van der Waals surface area (Å²) in [6, 6.07) is 0. The first-order valence-electron chi connectivity index (χ1n) is 8.28. The zero-order chi connectivity index (χ0) is 17.0. The molecule has 0 bridgehead atoms. The Morgan fingerprint density at radius 1 is 0.909 bits per heavy atom. The molecule has 0 aliphatic rings. The monoisotopic (exact) mass is 315 g/mol. The van der Waals surface area contributed by atoms with Gasteiger partial charge in [0.1, 0.15) is 5.60 Å². The highest BCUT2D eigenvalue weighted by Crippen LogP contribution is 2.12. The molecule has 0 aliphatic carbocycles. The standard InChI is InChI=1S/C16H33N3O3/c1-16(2,3)22-15(21)19(18)14(20)12-10-8-6-4-5-7-9-11-13-17/h4-13,17-18H2,1-3H3. The van der Waals surface area contributed by atoms with Crippen molar-refractivity contribution >= 4 is 12.0 Å². The molecule has 0 aliphatic heterocycles. The van der Waals surface area contributed by atoms with Gasteiger partial charge in [0.2, 0.25) is 5.91 Å². The van der Waals surface area contributed by atoms with Gasteiger partial charge >= 0.3 is 6.09 Å². The predicted molar refractivity (Wildman–Crippen MR) is 87.9 cm³/mol. The minimum Gasteiger partial charge on any atom is -0.442 e. The summed E-state index contributed by atoms with van der Waals surface area (Å²) < 4.78 is 5.04. The highest BCUT2D eigenvalue weighted by Gasteiger charge is 2.24. The van der Waals surface area contributed by atoms with Gasteiger partial charge in [-0.3, -0.25) is 4.79 Å². The van der Waals surface area contributed by atoms with Gasteiger partial charge in [-0.15, -0.1) is 0 Å². The number of imide groups is 1. The molecular weight excluding hydrogens is 282 g/mol. The van der Waals surface area contributed by atoms with Crippen LogP contribution < -0.4 is 11.6 Å². The summed E-state index contributed by atoms with van der Waals surface area (Å²) in [6.45, 7) is 5.97. The molecular formula is C16H33N3O3. The molecule has 22 heavy (non-hydrogen) atoms. The van der Waals surface area contributed by atoms with E-state index in [1.165, 1.54) is 25.7 Å². The minimum atomic E-state index is -0.794. The lowest BCUT2D eigenvalue weighted by molar-refractivity contribution is -0.130. The van der Waals surface area contributed by atoms with E-state index >= 15 is 0 Å². The van der Waals surface area contributed by atoms with Crippen LogP contribution in [-0.4, -0.2) is 29.2 Å². The van der Waals surface area contributed by atoms with Crippen molar-refractivity contribution in [2.45, 2.75) is 84.2 Å². The smallest absolute Gasteiger partial charge is 0.431 e. The Kier molecular flexibility index (Phi) is 10.8. The van der Waals surface area contributed by atoms with Crippen molar-refractivity contribution in [3.8, 4) is 0 Å². The first-order chi connectivity index (χ1) is 10.3. The van der Waals surface area contributed by atoms with Gasteiger partial charge in [-0.2, -0.15) is 5.01 Å². The maximum absolute atomic E-state index is 11.8. The Balaban J connectivity index is 3.66. The van der Waals surface area contributed by atoms with Crippen LogP contribution >= 0.6 is 0 Å². The van der Waals surface area contributed by atoms with Gasteiger partial charge in [-0.1, -0.05) is 38.5 Å². The number of amides is 2. The number of hydrogen-bond acceptors (Lipinski definition) is 5. The van der Waals surface area contributed by atoms with Gasteiger partial charge in [-0.05, 0) is 40.2 Å². The number of nitrogens with zero attached hydrogens (tertiary/aromatic N) is 1. The van der Waals surface area contributed by atoms with Gasteiger partial charge in [0, 0.05) is 6.42 Å². The maximum atomic E-state index is 11.8. The summed E-state index contributed by atoms with van der Waals surface area (Å²) in [5, 5.41) is 0.581. The molecule has 0 rings (SSSR count). The number of nitrogens with two attached hydrogens (primary N) is 2. The third kappa shape index (κ3) is 11.5. The number of hydrazine groups is 1. The summed E-state index contributed by atoms with van der Waals surface area (Å²) in [4.78, 5) is 23.4. The molecule has 6 nitrogen and oxygen atoms in total. The van der Waals surface area contributed by atoms with Gasteiger partial charge < -0.3 is 10.5 Å². The van der Waals surface area contributed by atoms with Crippen LogP contribution in [0.4, 0.5) is 4.79 Å². The first kappa shape index (κ1) is 20.9. The zero-order valence-corrected chi connectivity index (χ0v) is 14.4. The van der Waals surface area contributed by atoms with Crippen molar-refractivity contribution < 1.29 is 14.3 Å². The third-order valence-corrected chi connectivity index (χ3v) is 3.20. The average molecular weight is 315 g/mol. The van der Waals surface area contributed by atoms with Crippen LogP contribution in [0.5, 0.6) is 0 Å². The fourth-order valence-electron chi connectivity index (χ4n) is 2.01. The summed E-state index contributed by atoms with van der Waals surface area (Å²) in [6.07, 6.45) is 8.24. The topological polar surface area (TPSA) is 98.6 Å². The average Bonchev–Trinajstić information content (AvgIpc) is 2.42. The molecule has 0 heterocycles. The molecule has 0 unspecified atom stereocenters. The Hall–Kier alpha value is -1.14. The summed E-state index contributed by atoms with van der Waals surface area (Å²) in [5.41, 5.74) is 4.78. The van der Waals surface area contributed by atoms with Crippen molar-refractivity contribution in [3.05, 3.63) is 0 Å². The van der Waals surface area contributed by atoms with E-state index < -0.39 is 17.6 Å². The quantitative estimate of drug-likeness (QED) is 0.279. The highest BCUT2D eigenvalue weighted by atomic mass is 16.6. The van der Waals surface area contributed by atoms with E-state index in [-0.39, 0.29) is 6.42 Å². The van der Waals surface area contributed by atoms with Crippen LogP contribution in [-0.2, 0) is 9.53 Å². The second-order valence-electron chi connectivity index (χ2n) is 6.61. The van der Waals surface area contributed by atoms with Gasteiger partial charge in [0.05, 0.1) is 0 Å². The molecule has 130 valence electrons. The van der Waals surface area contributed by atoms with Gasteiger partial charge in [0.15, 0.2) is 0 Å². The second kappa shape index (κ2) is 11.4. The molecule has 0 saturated heterocycles. The molecule has 0 aromatic heterocycles. The van der Waals surface area contributed by atoms with Crippen LogP contribution in [0.15, 0.2) is 0 Å². The third-order valence-electron chi connectivity index (χ3n) is 3.20. The minimum absolute atomic E-state index is 0.281. The summed E-state index contributed by atoms with van der Waals surface area (Å²) in [5.74, 6) is 5.08. The lowest BCUT2D eigenvalue weighted by Crippen LogP contribution is -2.45. The fourth-order valence-corrected chi connectivity index (χ4v) is 2.01. The van der Waals surface area contributed by atoms with E-state index in [9.17, 15) is 9.59 Å². The Bertz CT molecular complexity index is 327. The lowest BCUT2D eigenvalue weighted by atomic mass is 10.1. The van der Waals surface area contributed by atoms with E-state index in [4.69, 9.17) is 16.3 Å². The number of unbranched alkanes of at least 4 members (excludes halogenated alkanes) is 7. The SMILES string of the molecule is CC(C)(C)OC(=O)N(N)C(=O)CCCCCCCCCCN. The maximum Gasteiger partial charge on any atom is 0.431 e. The zero-order valence-electron chi connectivity index (χ0n) is 14.4. The number of carbonyl (C=O) groups excluding carboxylic acids is 2. The largest absolute Gasteiger partial charge is 0.442 e. The van der Waals surface area contributed by atoms with E-state index in [2.05, 4.69) is 0 Å². The molecule has 0 fully saturated rings. The summed E-state index contributed by atoms with van der Waals surface area (Å²) >= 11 is 0. The second-order valence-corrected chi connectivity index (χ2v) is 6.61. The van der Waals surface area contributed by atoms with E-state index in [1.54, 1.807) is 20.8 Å². The van der Waals surface area contributed by atoms with Crippen LogP contribution in [0, 0.1) is 0 Å². The van der Waals surface area contributed by atoms with Gasteiger partial charge in [0.25, 0.3) is 0 Å². The van der Waals surface area contributed by atoms with Gasteiger partial charge in [-0.25, -0.2) is 10.6 Å². The van der Waals surface area contributed by atoms with Crippen LogP contribution in [0.25, 0.3) is 0 Å². The van der Waals surface area contributed by atoms with Crippen LogP contribution in [0.2, 0.25) is 0 Å². The molecule has 0 saturated carbocycles. The van der Waals surface area contributed by atoms with Crippen molar-refractivity contribution in [2.75, 3.05) is 6.54 Å². The molecule has 0 spiro atoms. The molecule has 0 aromatic carbocycles. The normalized spacial score (nSPS) is 11.3. The first-order valence-corrected chi connectivity index (χ1v) is 8.28. The van der Waals surface area contributed by atoms with E-state index in [0.717, 1.165) is 32.2 Å². The van der Waals surface area contributed by atoms with Crippen LogP contribution in [0.1, 0.15) is 78.6 Å². The molecule has 6 heteroatoms. The Morgan fingerprint density at radius 2 is 1.36 bits per heavy atom. The number of rotatable bonds is 10. The summed E-state index contributed by atoms with van der Waals surface area (Å²) in [7, 11) is 0. The van der Waals surface area contributed by atoms with E-state index in [1.807, 2.05) is 0 Å².